The molecule has 2 aromatic rings. The number of nitriles is 1. The smallest absolute Gasteiger partial charge is 0.143 e. The fraction of sp³-hybridized carbons (Fsp3) is 0.294. The van der Waals surface area contributed by atoms with Crippen LogP contribution in [0.1, 0.15) is 25.0 Å². The van der Waals surface area contributed by atoms with E-state index in [0.717, 1.165) is 30.1 Å². The second kappa shape index (κ2) is 5.10. The van der Waals surface area contributed by atoms with E-state index in [9.17, 15) is 0 Å². The Morgan fingerprint density at radius 1 is 1.38 bits per heavy atom. The van der Waals surface area contributed by atoms with Crippen LogP contribution in [-0.4, -0.2) is 17.1 Å². The second-order valence-corrected chi connectivity index (χ2v) is 5.87. The van der Waals surface area contributed by atoms with Crippen molar-refractivity contribution in [2.75, 3.05) is 11.4 Å². The number of rotatable bonds is 2. The summed E-state index contributed by atoms with van der Waals surface area (Å²) in [5, 5.41) is 9.10. The van der Waals surface area contributed by atoms with E-state index in [0.29, 0.717) is 5.56 Å². The summed E-state index contributed by atoms with van der Waals surface area (Å²) in [7, 11) is 0. The van der Waals surface area contributed by atoms with Crippen LogP contribution >= 0.6 is 0 Å². The predicted molar refractivity (Wildman–Crippen MR) is 81.2 cm³/mol. The van der Waals surface area contributed by atoms with Gasteiger partial charge in [-0.15, -0.1) is 0 Å². The summed E-state index contributed by atoms with van der Waals surface area (Å²) in [5.74, 6) is 0.828. The fourth-order valence-electron chi connectivity index (χ4n) is 2.65. The largest absolute Gasteiger partial charge is 0.484 e. The third-order valence-corrected chi connectivity index (χ3v) is 3.48. The van der Waals surface area contributed by atoms with Crippen molar-refractivity contribution < 1.29 is 4.74 Å². The molecule has 0 saturated heterocycles. The highest BCUT2D eigenvalue weighted by atomic mass is 16.5. The topological polar surface area (TPSA) is 49.2 Å². The Labute approximate surface area is 124 Å². The van der Waals surface area contributed by atoms with E-state index in [1.54, 1.807) is 12.3 Å². The molecule has 0 saturated carbocycles. The molecule has 4 heteroatoms. The standard InChI is InChI=1S/C17H17N3O/c1-17(2)12-20(11-14-4-3-7-19-10-14)15-8-13(9-18)5-6-16(15)21-17/h3-8,10H,11-12H2,1-2H3. The van der Waals surface area contributed by atoms with Gasteiger partial charge in [0, 0.05) is 18.9 Å². The van der Waals surface area contributed by atoms with E-state index in [-0.39, 0.29) is 5.60 Å². The molecule has 0 unspecified atom stereocenters. The first-order valence-corrected chi connectivity index (χ1v) is 6.94. The van der Waals surface area contributed by atoms with Crippen LogP contribution in [0.4, 0.5) is 5.69 Å². The lowest BCUT2D eigenvalue weighted by atomic mass is 10.0. The van der Waals surface area contributed by atoms with Crippen molar-refractivity contribution in [1.29, 1.82) is 5.26 Å². The first-order chi connectivity index (χ1) is 10.1. The van der Waals surface area contributed by atoms with Crippen LogP contribution in [0.3, 0.4) is 0 Å². The number of hydrogen-bond acceptors (Lipinski definition) is 4. The number of ether oxygens (including phenoxy) is 1. The van der Waals surface area contributed by atoms with Gasteiger partial charge in [-0.1, -0.05) is 6.07 Å². The highest BCUT2D eigenvalue weighted by Gasteiger charge is 2.31. The van der Waals surface area contributed by atoms with E-state index in [4.69, 9.17) is 10.00 Å². The van der Waals surface area contributed by atoms with Crippen LogP contribution in [0.5, 0.6) is 5.75 Å². The zero-order chi connectivity index (χ0) is 14.9. The summed E-state index contributed by atoms with van der Waals surface area (Å²) in [5.41, 5.74) is 2.50. The number of fused-ring (bicyclic) bond motifs is 1. The van der Waals surface area contributed by atoms with E-state index >= 15 is 0 Å². The van der Waals surface area contributed by atoms with Gasteiger partial charge in [0.1, 0.15) is 11.4 Å². The SMILES string of the molecule is CC1(C)CN(Cc2cccnc2)c2cc(C#N)ccc2O1. The van der Waals surface area contributed by atoms with Gasteiger partial charge in [-0.05, 0) is 43.7 Å². The lowest BCUT2D eigenvalue weighted by Gasteiger charge is -2.41. The van der Waals surface area contributed by atoms with Gasteiger partial charge in [0.15, 0.2) is 0 Å². The second-order valence-electron chi connectivity index (χ2n) is 5.87. The number of nitrogens with zero attached hydrogens (tertiary/aromatic N) is 3. The third-order valence-electron chi connectivity index (χ3n) is 3.48. The number of hydrogen-bond donors (Lipinski definition) is 0. The van der Waals surface area contributed by atoms with E-state index < -0.39 is 0 Å². The van der Waals surface area contributed by atoms with Crippen LogP contribution in [-0.2, 0) is 6.54 Å². The average Bonchev–Trinajstić information content (AvgIpc) is 2.47. The van der Waals surface area contributed by atoms with Gasteiger partial charge < -0.3 is 9.64 Å². The molecule has 1 aliphatic heterocycles. The number of benzene rings is 1. The van der Waals surface area contributed by atoms with Gasteiger partial charge in [0.25, 0.3) is 0 Å². The Bertz CT molecular complexity index is 689. The first-order valence-electron chi connectivity index (χ1n) is 6.94. The predicted octanol–water partition coefficient (Wildman–Crippen LogP) is 3.13. The molecule has 1 aromatic heterocycles. The van der Waals surface area contributed by atoms with Gasteiger partial charge in [0.05, 0.1) is 23.9 Å². The summed E-state index contributed by atoms with van der Waals surface area (Å²) < 4.78 is 6.02. The van der Waals surface area contributed by atoms with Crippen molar-refractivity contribution in [3.8, 4) is 11.8 Å². The molecule has 0 amide bonds. The lowest BCUT2D eigenvalue weighted by molar-refractivity contribution is 0.104. The Kier molecular flexibility index (Phi) is 3.26. The minimum absolute atomic E-state index is 0.261. The van der Waals surface area contributed by atoms with Gasteiger partial charge in [-0.3, -0.25) is 4.98 Å². The van der Waals surface area contributed by atoms with Gasteiger partial charge in [0.2, 0.25) is 0 Å². The van der Waals surface area contributed by atoms with Crippen LogP contribution in [0.15, 0.2) is 42.7 Å². The first kappa shape index (κ1) is 13.4. The summed E-state index contributed by atoms with van der Waals surface area (Å²) in [6.07, 6.45) is 3.64. The van der Waals surface area contributed by atoms with Crippen molar-refractivity contribution in [3.05, 3.63) is 53.9 Å². The summed E-state index contributed by atoms with van der Waals surface area (Å²) >= 11 is 0. The minimum atomic E-state index is -0.261. The van der Waals surface area contributed by atoms with Gasteiger partial charge >= 0.3 is 0 Å². The highest BCUT2D eigenvalue weighted by Crippen LogP contribution is 2.38. The molecule has 0 fully saturated rings. The van der Waals surface area contributed by atoms with Gasteiger partial charge in [-0.25, -0.2) is 0 Å². The number of anilines is 1. The quantitative estimate of drug-likeness (QED) is 0.847. The molecule has 1 aromatic carbocycles. The summed E-state index contributed by atoms with van der Waals surface area (Å²) in [6.45, 7) is 5.67. The molecule has 0 atom stereocenters. The number of aromatic nitrogens is 1. The maximum absolute atomic E-state index is 9.10. The summed E-state index contributed by atoms with van der Waals surface area (Å²) in [4.78, 5) is 6.41. The van der Waals surface area contributed by atoms with Crippen molar-refractivity contribution >= 4 is 5.69 Å². The molecule has 1 aliphatic rings. The van der Waals surface area contributed by atoms with E-state index in [2.05, 4.69) is 35.9 Å². The molecule has 106 valence electrons. The zero-order valence-electron chi connectivity index (χ0n) is 12.2. The maximum atomic E-state index is 9.10. The van der Waals surface area contributed by atoms with Crippen LogP contribution in [0.2, 0.25) is 0 Å². The molecule has 4 nitrogen and oxygen atoms in total. The summed E-state index contributed by atoms with van der Waals surface area (Å²) in [6, 6.07) is 11.7. The van der Waals surface area contributed by atoms with Crippen molar-refractivity contribution in [2.24, 2.45) is 0 Å². The number of pyridine rings is 1. The van der Waals surface area contributed by atoms with Crippen LogP contribution < -0.4 is 9.64 Å². The Morgan fingerprint density at radius 2 is 2.24 bits per heavy atom. The van der Waals surface area contributed by atoms with Gasteiger partial charge in [-0.2, -0.15) is 5.26 Å². The lowest BCUT2D eigenvalue weighted by Crippen LogP contribution is -2.46. The molecule has 0 N–H and O–H groups in total. The monoisotopic (exact) mass is 279 g/mol. The van der Waals surface area contributed by atoms with E-state index in [1.165, 1.54) is 0 Å². The van der Waals surface area contributed by atoms with Crippen LogP contribution in [0.25, 0.3) is 0 Å². The fourth-order valence-corrected chi connectivity index (χ4v) is 2.65. The Balaban J connectivity index is 1.98. The normalized spacial score (nSPS) is 15.8. The molecule has 0 bridgehead atoms. The van der Waals surface area contributed by atoms with Crippen molar-refractivity contribution in [3.63, 3.8) is 0 Å². The van der Waals surface area contributed by atoms with Crippen molar-refractivity contribution in [2.45, 2.75) is 26.0 Å². The Hall–Kier alpha value is -2.54. The third kappa shape index (κ3) is 2.82. The molecule has 21 heavy (non-hydrogen) atoms. The minimum Gasteiger partial charge on any atom is -0.484 e. The highest BCUT2D eigenvalue weighted by molar-refractivity contribution is 5.63. The van der Waals surface area contributed by atoms with Crippen LogP contribution in [0, 0.1) is 11.3 Å². The molecule has 0 spiro atoms. The van der Waals surface area contributed by atoms with Crippen molar-refractivity contribution in [1.82, 2.24) is 4.98 Å². The molecular formula is C17H17N3O. The molecule has 3 rings (SSSR count). The Morgan fingerprint density at radius 3 is 2.95 bits per heavy atom. The molecule has 0 radical (unpaired) electrons. The average molecular weight is 279 g/mol. The molecule has 0 aliphatic carbocycles. The maximum Gasteiger partial charge on any atom is 0.143 e. The zero-order valence-corrected chi connectivity index (χ0v) is 12.2. The van der Waals surface area contributed by atoms with E-state index in [1.807, 2.05) is 24.4 Å². The molecule has 2 heterocycles. The molecular weight excluding hydrogens is 262 g/mol.